The van der Waals surface area contributed by atoms with Crippen LogP contribution in [-0.4, -0.2) is 27.7 Å². The zero-order valence-electron chi connectivity index (χ0n) is 16.1. The van der Waals surface area contributed by atoms with E-state index >= 15 is 0 Å². The van der Waals surface area contributed by atoms with Crippen LogP contribution in [0.1, 0.15) is 28.2 Å². The van der Waals surface area contributed by atoms with Gasteiger partial charge in [-0.1, -0.05) is 36.4 Å². The molecule has 0 bridgehead atoms. The molecule has 0 aliphatic rings. The van der Waals surface area contributed by atoms with Crippen molar-refractivity contribution in [1.82, 2.24) is 9.55 Å². The van der Waals surface area contributed by atoms with Gasteiger partial charge in [0.1, 0.15) is 11.6 Å². The maximum Gasteiger partial charge on any atom is 0.434 e. The Hall–Kier alpha value is -3.55. The summed E-state index contributed by atoms with van der Waals surface area (Å²) in [5, 5.41) is 8.68. The second kappa shape index (κ2) is 8.86. The lowest BCUT2D eigenvalue weighted by molar-refractivity contribution is -0.141. The Labute approximate surface area is 171 Å². The van der Waals surface area contributed by atoms with Gasteiger partial charge >= 0.3 is 12.1 Å². The van der Waals surface area contributed by atoms with Crippen LogP contribution in [0.2, 0.25) is 0 Å². The first-order valence-electron chi connectivity index (χ1n) is 9.01. The van der Waals surface area contributed by atoms with Crippen LogP contribution in [0.15, 0.2) is 60.8 Å². The monoisotopic (exact) mass is 416 g/mol. The van der Waals surface area contributed by atoms with Gasteiger partial charge in [-0.25, -0.2) is 9.78 Å². The van der Waals surface area contributed by atoms with Crippen molar-refractivity contribution in [2.75, 3.05) is 7.11 Å². The SMILES string of the molecule is COc1ccc(Cn2cc(C(F)(F)F)nc2Cc2ccc(/C=C/C(=O)O)cc2)cc1. The second-order valence-electron chi connectivity index (χ2n) is 6.61. The summed E-state index contributed by atoms with van der Waals surface area (Å²) in [5.74, 6) is -0.107. The van der Waals surface area contributed by atoms with Gasteiger partial charge in [-0.05, 0) is 34.9 Å². The van der Waals surface area contributed by atoms with Crippen molar-refractivity contribution in [3.63, 3.8) is 0 Å². The quantitative estimate of drug-likeness (QED) is 0.570. The Balaban J connectivity index is 1.85. The maximum absolute atomic E-state index is 13.2. The number of halogens is 3. The first-order valence-corrected chi connectivity index (χ1v) is 9.01. The summed E-state index contributed by atoms with van der Waals surface area (Å²) >= 11 is 0. The minimum Gasteiger partial charge on any atom is -0.497 e. The summed E-state index contributed by atoms with van der Waals surface area (Å²) in [7, 11) is 1.54. The van der Waals surface area contributed by atoms with Gasteiger partial charge in [0, 0.05) is 25.2 Å². The van der Waals surface area contributed by atoms with Gasteiger partial charge in [-0.2, -0.15) is 13.2 Å². The molecule has 0 aliphatic heterocycles. The van der Waals surface area contributed by atoms with Crippen LogP contribution in [0, 0.1) is 0 Å². The molecule has 5 nitrogen and oxygen atoms in total. The number of hydrogen-bond acceptors (Lipinski definition) is 3. The molecule has 0 unspecified atom stereocenters. The van der Waals surface area contributed by atoms with Gasteiger partial charge in [-0.3, -0.25) is 0 Å². The molecule has 0 aliphatic carbocycles. The van der Waals surface area contributed by atoms with Crippen LogP contribution >= 0.6 is 0 Å². The number of alkyl halides is 3. The molecule has 1 aromatic heterocycles. The summed E-state index contributed by atoms with van der Waals surface area (Å²) in [6.45, 7) is 0.238. The molecule has 3 rings (SSSR count). The summed E-state index contributed by atoms with van der Waals surface area (Å²) in [6, 6.07) is 14.0. The highest BCUT2D eigenvalue weighted by Gasteiger charge is 2.34. The van der Waals surface area contributed by atoms with E-state index in [1.165, 1.54) is 10.6 Å². The number of benzene rings is 2. The molecule has 0 spiro atoms. The summed E-state index contributed by atoms with van der Waals surface area (Å²) in [4.78, 5) is 14.4. The number of ether oxygens (including phenoxy) is 1. The molecular weight excluding hydrogens is 397 g/mol. The Bertz CT molecular complexity index is 1040. The smallest absolute Gasteiger partial charge is 0.434 e. The van der Waals surface area contributed by atoms with Crippen molar-refractivity contribution in [2.24, 2.45) is 0 Å². The number of nitrogens with zero attached hydrogens (tertiary/aromatic N) is 2. The fourth-order valence-electron chi connectivity index (χ4n) is 2.89. The number of aliphatic carboxylic acids is 1. The van der Waals surface area contributed by atoms with Crippen LogP contribution in [0.3, 0.4) is 0 Å². The molecule has 2 aromatic carbocycles. The van der Waals surface area contributed by atoms with E-state index in [9.17, 15) is 18.0 Å². The van der Waals surface area contributed by atoms with Crippen LogP contribution in [0.5, 0.6) is 5.75 Å². The highest BCUT2D eigenvalue weighted by atomic mass is 19.4. The number of hydrogen-bond donors (Lipinski definition) is 1. The lowest BCUT2D eigenvalue weighted by Crippen LogP contribution is -2.05. The lowest BCUT2D eigenvalue weighted by Gasteiger charge is -2.09. The van der Waals surface area contributed by atoms with E-state index in [-0.39, 0.29) is 18.8 Å². The molecule has 0 radical (unpaired) electrons. The topological polar surface area (TPSA) is 64.4 Å². The Morgan fingerprint density at radius 2 is 1.73 bits per heavy atom. The molecule has 0 amide bonds. The van der Waals surface area contributed by atoms with E-state index in [0.717, 1.165) is 23.4 Å². The van der Waals surface area contributed by atoms with Crippen molar-refractivity contribution in [1.29, 1.82) is 0 Å². The first-order chi connectivity index (χ1) is 14.2. The summed E-state index contributed by atoms with van der Waals surface area (Å²) in [5.41, 5.74) is 1.32. The Morgan fingerprint density at radius 1 is 1.10 bits per heavy atom. The Kier molecular flexibility index (Phi) is 6.25. The number of carboxylic acids is 1. The molecule has 156 valence electrons. The third-order valence-electron chi connectivity index (χ3n) is 4.42. The van der Waals surface area contributed by atoms with Gasteiger partial charge in [-0.15, -0.1) is 0 Å². The highest BCUT2D eigenvalue weighted by molar-refractivity contribution is 5.85. The fraction of sp³-hybridized carbons (Fsp3) is 0.182. The van der Waals surface area contributed by atoms with E-state index < -0.39 is 17.8 Å². The fourth-order valence-corrected chi connectivity index (χ4v) is 2.89. The number of carboxylic acid groups (broad SMARTS) is 1. The van der Waals surface area contributed by atoms with Crippen LogP contribution in [0.4, 0.5) is 13.2 Å². The molecule has 0 saturated heterocycles. The standard InChI is InChI=1S/C22H19F3N2O3/c1-30-18-9-6-17(7-10-18)13-27-14-19(22(23,24)25)26-20(27)12-16-4-2-15(3-5-16)8-11-21(28)29/h2-11,14H,12-13H2,1H3,(H,28,29)/b11-8+. The average molecular weight is 416 g/mol. The van der Waals surface area contributed by atoms with Gasteiger partial charge in [0.2, 0.25) is 0 Å². The van der Waals surface area contributed by atoms with Gasteiger partial charge in [0.25, 0.3) is 0 Å². The third kappa shape index (κ3) is 5.50. The largest absolute Gasteiger partial charge is 0.497 e. The number of rotatable bonds is 7. The summed E-state index contributed by atoms with van der Waals surface area (Å²) < 4.78 is 46.2. The van der Waals surface area contributed by atoms with E-state index in [1.807, 2.05) is 0 Å². The lowest BCUT2D eigenvalue weighted by atomic mass is 10.1. The molecule has 0 fully saturated rings. The Morgan fingerprint density at radius 3 is 2.30 bits per heavy atom. The predicted molar refractivity (Wildman–Crippen MR) is 105 cm³/mol. The molecular formula is C22H19F3N2O3. The third-order valence-corrected chi connectivity index (χ3v) is 4.42. The molecule has 8 heteroatoms. The molecule has 1 N–H and O–H groups in total. The maximum atomic E-state index is 13.2. The van der Waals surface area contributed by atoms with E-state index in [0.29, 0.717) is 11.3 Å². The number of aromatic nitrogens is 2. The van der Waals surface area contributed by atoms with Crippen LogP contribution < -0.4 is 4.74 Å². The van der Waals surface area contributed by atoms with Gasteiger partial charge in [0.15, 0.2) is 5.69 Å². The van der Waals surface area contributed by atoms with E-state index in [2.05, 4.69) is 4.98 Å². The second-order valence-corrected chi connectivity index (χ2v) is 6.61. The highest BCUT2D eigenvalue weighted by Crippen LogP contribution is 2.29. The van der Waals surface area contributed by atoms with Crippen LogP contribution in [0.25, 0.3) is 6.08 Å². The molecule has 1 heterocycles. The minimum absolute atomic E-state index is 0.204. The van der Waals surface area contributed by atoms with Gasteiger partial charge in [0.05, 0.1) is 7.11 Å². The van der Waals surface area contributed by atoms with Crippen molar-refractivity contribution < 1.29 is 27.8 Å². The van der Waals surface area contributed by atoms with Crippen molar-refractivity contribution >= 4 is 12.0 Å². The molecule has 0 atom stereocenters. The normalized spacial score (nSPS) is 11.7. The number of methoxy groups -OCH3 is 1. The first kappa shape index (κ1) is 21.2. The van der Waals surface area contributed by atoms with Gasteiger partial charge < -0.3 is 14.4 Å². The van der Waals surface area contributed by atoms with Crippen molar-refractivity contribution in [3.05, 3.63) is 89.0 Å². The average Bonchev–Trinajstić information content (AvgIpc) is 3.11. The number of carbonyl (C=O) groups is 1. The molecule has 0 saturated carbocycles. The molecule has 3 aromatic rings. The van der Waals surface area contributed by atoms with E-state index in [4.69, 9.17) is 9.84 Å². The molecule has 30 heavy (non-hydrogen) atoms. The predicted octanol–water partition coefficient (Wildman–Crippen LogP) is 4.65. The van der Waals surface area contributed by atoms with Crippen molar-refractivity contribution in [2.45, 2.75) is 19.1 Å². The van der Waals surface area contributed by atoms with E-state index in [1.54, 1.807) is 55.6 Å². The number of imidazole rings is 1. The summed E-state index contributed by atoms with van der Waals surface area (Å²) in [6.07, 6.45) is -0.852. The zero-order valence-corrected chi connectivity index (χ0v) is 16.1. The van der Waals surface area contributed by atoms with Crippen LogP contribution in [-0.2, 0) is 23.9 Å². The van der Waals surface area contributed by atoms with Crippen molar-refractivity contribution in [3.8, 4) is 5.75 Å². The minimum atomic E-state index is -4.54. The zero-order chi connectivity index (χ0) is 21.7.